The SMILES string of the molecule is CCN(CC)S(=O)(=O)c1cccc(C(=O)OCc2csc(-c3ccccc3)n2)c1. The van der Waals surface area contributed by atoms with Gasteiger partial charge in [0.05, 0.1) is 16.2 Å². The maximum atomic E-state index is 12.7. The van der Waals surface area contributed by atoms with Crippen LogP contribution in [-0.4, -0.2) is 36.8 Å². The van der Waals surface area contributed by atoms with E-state index < -0.39 is 16.0 Å². The van der Waals surface area contributed by atoms with E-state index in [1.807, 2.05) is 35.7 Å². The number of nitrogens with zero attached hydrogens (tertiary/aromatic N) is 2. The molecule has 0 bridgehead atoms. The van der Waals surface area contributed by atoms with Gasteiger partial charge in [0, 0.05) is 24.0 Å². The molecule has 0 aliphatic heterocycles. The molecular formula is C21H22N2O4S2. The molecule has 1 aromatic heterocycles. The molecule has 3 aromatic rings. The van der Waals surface area contributed by atoms with Gasteiger partial charge < -0.3 is 4.74 Å². The Morgan fingerprint density at radius 1 is 1.07 bits per heavy atom. The van der Waals surface area contributed by atoms with Crippen LogP contribution < -0.4 is 0 Å². The zero-order chi connectivity index (χ0) is 20.9. The Morgan fingerprint density at radius 3 is 2.48 bits per heavy atom. The highest BCUT2D eigenvalue weighted by Gasteiger charge is 2.22. The lowest BCUT2D eigenvalue weighted by Crippen LogP contribution is -2.30. The van der Waals surface area contributed by atoms with E-state index in [0.717, 1.165) is 10.6 Å². The predicted molar refractivity (Wildman–Crippen MR) is 113 cm³/mol. The van der Waals surface area contributed by atoms with Crippen molar-refractivity contribution >= 4 is 27.3 Å². The smallest absolute Gasteiger partial charge is 0.338 e. The number of carbonyl (C=O) groups is 1. The van der Waals surface area contributed by atoms with Gasteiger partial charge in [0.15, 0.2) is 0 Å². The Kier molecular flexibility index (Phi) is 6.79. The molecule has 8 heteroatoms. The zero-order valence-electron chi connectivity index (χ0n) is 16.2. The summed E-state index contributed by atoms with van der Waals surface area (Å²) in [6.45, 7) is 4.30. The van der Waals surface area contributed by atoms with Crippen LogP contribution in [0.2, 0.25) is 0 Å². The Hall–Kier alpha value is -2.55. The second-order valence-corrected chi connectivity index (χ2v) is 9.00. The second-order valence-electron chi connectivity index (χ2n) is 6.20. The van der Waals surface area contributed by atoms with Crippen LogP contribution in [0, 0.1) is 0 Å². The maximum Gasteiger partial charge on any atom is 0.338 e. The Morgan fingerprint density at radius 2 is 1.79 bits per heavy atom. The Balaban J connectivity index is 1.70. The van der Waals surface area contributed by atoms with Gasteiger partial charge in [-0.15, -0.1) is 11.3 Å². The third kappa shape index (κ3) is 4.90. The van der Waals surface area contributed by atoms with Crippen molar-refractivity contribution in [1.29, 1.82) is 0 Å². The summed E-state index contributed by atoms with van der Waals surface area (Å²) in [5.41, 5.74) is 1.84. The number of thiazole rings is 1. The second kappa shape index (κ2) is 9.30. The lowest BCUT2D eigenvalue weighted by molar-refractivity contribution is 0.0468. The minimum Gasteiger partial charge on any atom is -0.456 e. The number of rotatable bonds is 8. The van der Waals surface area contributed by atoms with Crippen molar-refractivity contribution in [2.45, 2.75) is 25.3 Å². The molecule has 0 saturated carbocycles. The molecule has 0 aliphatic carbocycles. The quantitative estimate of drug-likeness (QED) is 0.501. The van der Waals surface area contributed by atoms with Crippen molar-refractivity contribution in [1.82, 2.24) is 9.29 Å². The molecule has 152 valence electrons. The molecule has 2 aromatic carbocycles. The Labute approximate surface area is 174 Å². The molecule has 0 aliphatic rings. The monoisotopic (exact) mass is 430 g/mol. The first-order chi connectivity index (χ1) is 14.0. The van der Waals surface area contributed by atoms with Gasteiger partial charge in [0.25, 0.3) is 0 Å². The van der Waals surface area contributed by atoms with Gasteiger partial charge >= 0.3 is 5.97 Å². The summed E-state index contributed by atoms with van der Waals surface area (Å²) in [6, 6.07) is 15.7. The number of ether oxygens (including phenoxy) is 1. The van der Waals surface area contributed by atoms with Gasteiger partial charge in [-0.05, 0) is 18.2 Å². The average Bonchev–Trinajstić information content (AvgIpc) is 3.22. The van der Waals surface area contributed by atoms with E-state index in [1.54, 1.807) is 26.0 Å². The summed E-state index contributed by atoms with van der Waals surface area (Å²) in [6.07, 6.45) is 0. The molecule has 0 atom stereocenters. The fraction of sp³-hybridized carbons (Fsp3) is 0.238. The maximum absolute atomic E-state index is 12.7. The topological polar surface area (TPSA) is 76.6 Å². The fourth-order valence-electron chi connectivity index (χ4n) is 2.81. The molecule has 3 rings (SSSR count). The molecule has 29 heavy (non-hydrogen) atoms. The molecule has 0 N–H and O–H groups in total. The summed E-state index contributed by atoms with van der Waals surface area (Å²) in [4.78, 5) is 17.0. The van der Waals surface area contributed by atoms with Crippen LogP contribution in [-0.2, 0) is 21.4 Å². The van der Waals surface area contributed by atoms with E-state index in [0.29, 0.717) is 18.8 Å². The highest BCUT2D eigenvalue weighted by Crippen LogP contribution is 2.24. The van der Waals surface area contributed by atoms with Crippen LogP contribution in [0.3, 0.4) is 0 Å². The molecule has 6 nitrogen and oxygen atoms in total. The van der Waals surface area contributed by atoms with E-state index in [1.165, 1.54) is 27.8 Å². The predicted octanol–water partition coefficient (Wildman–Crippen LogP) is 4.20. The molecule has 0 radical (unpaired) electrons. The molecule has 0 spiro atoms. The van der Waals surface area contributed by atoms with E-state index in [4.69, 9.17) is 4.74 Å². The molecule has 1 heterocycles. The van der Waals surface area contributed by atoms with Gasteiger partial charge in [-0.25, -0.2) is 18.2 Å². The number of hydrogen-bond acceptors (Lipinski definition) is 6. The Bertz CT molecular complexity index is 1070. The third-order valence-electron chi connectivity index (χ3n) is 4.34. The highest BCUT2D eigenvalue weighted by atomic mass is 32.2. The first-order valence-corrected chi connectivity index (χ1v) is 11.5. The average molecular weight is 431 g/mol. The lowest BCUT2D eigenvalue weighted by atomic mass is 10.2. The van der Waals surface area contributed by atoms with Gasteiger partial charge in [-0.3, -0.25) is 0 Å². The van der Waals surface area contributed by atoms with E-state index in [-0.39, 0.29) is 17.1 Å². The number of aromatic nitrogens is 1. The minimum absolute atomic E-state index is 0.0230. The van der Waals surface area contributed by atoms with Gasteiger partial charge in [0.1, 0.15) is 11.6 Å². The first-order valence-electron chi connectivity index (χ1n) is 9.22. The number of esters is 1. The zero-order valence-corrected chi connectivity index (χ0v) is 17.9. The minimum atomic E-state index is -3.64. The molecule has 0 saturated heterocycles. The van der Waals surface area contributed by atoms with Gasteiger partial charge in [-0.1, -0.05) is 50.2 Å². The fourth-order valence-corrected chi connectivity index (χ4v) is 5.12. The van der Waals surface area contributed by atoms with Crippen molar-refractivity contribution in [3.05, 3.63) is 71.2 Å². The van der Waals surface area contributed by atoms with Crippen molar-refractivity contribution in [3.8, 4) is 10.6 Å². The van der Waals surface area contributed by atoms with Crippen LogP contribution in [0.15, 0.2) is 64.9 Å². The molecule has 0 amide bonds. The number of hydrogen-bond donors (Lipinski definition) is 0. The summed E-state index contributed by atoms with van der Waals surface area (Å²) in [5.74, 6) is -0.587. The van der Waals surface area contributed by atoms with Crippen LogP contribution >= 0.6 is 11.3 Å². The largest absolute Gasteiger partial charge is 0.456 e. The number of benzene rings is 2. The van der Waals surface area contributed by atoms with Crippen LogP contribution in [0.25, 0.3) is 10.6 Å². The summed E-state index contributed by atoms with van der Waals surface area (Å²) in [7, 11) is -3.64. The molecule has 0 unspecified atom stereocenters. The summed E-state index contributed by atoms with van der Waals surface area (Å²) < 4.78 is 32.0. The van der Waals surface area contributed by atoms with E-state index in [9.17, 15) is 13.2 Å². The van der Waals surface area contributed by atoms with Crippen LogP contribution in [0.4, 0.5) is 0 Å². The van der Waals surface area contributed by atoms with Crippen molar-refractivity contribution < 1.29 is 17.9 Å². The standard InChI is InChI=1S/C21H22N2O4S2/c1-3-23(4-2)29(25,26)19-12-8-11-17(13-19)21(24)27-14-18-15-28-20(22-18)16-9-6-5-7-10-16/h5-13,15H,3-4,14H2,1-2H3. The van der Waals surface area contributed by atoms with Crippen LogP contribution in [0.1, 0.15) is 29.9 Å². The number of carbonyl (C=O) groups excluding carboxylic acids is 1. The van der Waals surface area contributed by atoms with Crippen LogP contribution in [0.5, 0.6) is 0 Å². The first kappa shape index (κ1) is 21.2. The normalized spacial score (nSPS) is 11.6. The summed E-state index contributed by atoms with van der Waals surface area (Å²) >= 11 is 1.48. The third-order valence-corrected chi connectivity index (χ3v) is 7.32. The molecule has 0 fully saturated rings. The lowest BCUT2D eigenvalue weighted by Gasteiger charge is -2.18. The van der Waals surface area contributed by atoms with Crippen molar-refractivity contribution in [3.63, 3.8) is 0 Å². The molecular weight excluding hydrogens is 408 g/mol. The summed E-state index contributed by atoms with van der Waals surface area (Å²) in [5, 5.41) is 2.70. The van der Waals surface area contributed by atoms with Crippen molar-refractivity contribution in [2.75, 3.05) is 13.1 Å². The number of sulfonamides is 1. The van der Waals surface area contributed by atoms with Crippen molar-refractivity contribution in [2.24, 2.45) is 0 Å². The van der Waals surface area contributed by atoms with Gasteiger partial charge in [0.2, 0.25) is 10.0 Å². The highest BCUT2D eigenvalue weighted by molar-refractivity contribution is 7.89. The van der Waals surface area contributed by atoms with E-state index >= 15 is 0 Å². The van der Waals surface area contributed by atoms with E-state index in [2.05, 4.69) is 4.98 Å². The van der Waals surface area contributed by atoms with Gasteiger partial charge in [-0.2, -0.15) is 4.31 Å².